The Balaban J connectivity index is 1.29. The van der Waals surface area contributed by atoms with Crippen LogP contribution in [0, 0.1) is 0 Å². The van der Waals surface area contributed by atoms with E-state index in [-0.39, 0.29) is 0 Å². The maximum atomic E-state index is 6.23. The Hall–Kier alpha value is -5.45. The molecule has 4 heteroatoms. The largest absolute Gasteiger partial charge is 0.436 e. The molecule has 0 amide bonds. The van der Waals surface area contributed by atoms with Gasteiger partial charge in [-0.15, -0.1) is 11.3 Å². The van der Waals surface area contributed by atoms with E-state index in [1.165, 1.54) is 41.7 Å². The van der Waals surface area contributed by atoms with E-state index in [4.69, 9.17) is 9.40 Å². The number of hydrogen-bond acceptors (Lipinski definition) is 4. The van der Waals surface area contributed by atoms with Crippen molar-refractivity contribution < 1.29 is 4.42 Å². The molecule has 0 bridgehead atoms. The van der Waals surface area contributed by atoms with E-state index in [2.05, 4.69) is 126 Å². The summed E-state index contributed by atoms with van der Waals surface area (Å²) in [4.78, 5) is 7.25. The van der Waals surface area contributed by atoms with Gasteiger partial charge in [-0.25, -0.2) is 4.98 Å². The minimum Gasteiger partial charge on any atom is -0.436 e. The first kappa shape index (κ1) is 24.2. The number of nitrogens with zero attached hydrogens (tertiary/aromatic N) is 2. The highest BCUT2D eigenvalue weighted by molar-refractivity contribution is 7.26. The van der Waals surface area contributed by atoms with Gasteiger partial charge in [0.1, 0.15) is 5.52 Å². The van der Waals surface area contributed by atoms with Crippen molar-refractivity contribution in [3.63, 3.8) is 0 Å². The molecule has 2 heterocycles. The summed E-state index contributed by atoms with van der Waals surface area (Å²) in [6.45, 7) is 0. The van der Waals surface area contributed by atoms with Crippen molar-refractivity contribution in [3.8, 4) is 11.5 Å². The Morgan fingerprint density at radius 3 is 1.93 bits per heavy atom. The van der Waals surface area contributed by atoms with Crippen molar-refractivity contribution in [2.75, 3.05) is 4.90 Å². The molecule has 2 aromatic heterocycles. The van der Waals surface area contributed by atoms with Gasteiger partial charge in [0, 0.05) is 42.2 Å². The van der Waals surface area contributed by atoms with E-state index in [0.29, 0.717) is 5.89 Å². The lowest BCUT2D eigenvalue weighted by molar-refractivity contribution is 0.620. The highest BCUT2D eigenvalue weighted by atomic mass is 32.1. The van der Waals surface area contributed by atoms with Crippen molar-refractivity contribution in [1.29, 1.82) is 0 Å². The molecule has 202 valence electrons. The molecule has 0 unspecified atom stereocenters. The van der Waals surface area contributed by atoms with Gasteiger partial charge in [0.25, 0.3) is 0 Å². The average Bonchev–Trinajstić information content (AvgIpc) is 3.66. The monoisotopic (exact) mass is 568 g/mol. The summed E-state index contributed by atoms with van der Waals surface area (Å²) < 4.78 is 8.67. The first-order valence-corrected chi connectivity index (χ1v) is 15.2. The zero-order valence-corrected chi connectivity index (χ0v) is 23.9. The number of benzene rings is 7. The highest BCUT2D eigenvalue weighted by Crippen LogP contribution is 2.46. The third-order valence-corrected chi connectivity index (χ3v) is 9.40. The standard InChI is InChI=1S/C39H24N2OS/c1-3-14-28-25(10-1)12-7-18-33(28)41(34-19-8-13-26-11-2-4-15-29(26)34)27-22-23-30-37(24-27)43-36-21-9-16-31(38(30)36)39-40-32-17-5-6-20-35(32)42-39/h1-24H. The molecule has 43 heavy (non-hydrogen) atoms. The summed E-state index contributed by atoms with van der Waals surface area (Å²) in [6, 6.07) is 51.6. The first-order chi connectivity index (χ1) is 21.3. The zero-order valence-electron chi connectivity index (χ0n) is 23.1. The van der Waals surface area contributed by atoms with Gasteiger partial charge in [-0.3, -0.25) is 0 Å². The summed E-state index contributed by atoms with van der Waals surface area (Å²) in [6.07, 6.45) is 0. The third kappa shape index (κ3) is 3.84. The van der Waals surface area contributed by atoms with Crippen molar-refractivity contribution in [1.82, 2.24) is 4.98 Å². The van der Waals surface area contributed by atoms with Gasteiger partial charge < -0.3 is 9.32 Å². The van der Waals surface area contributed by atoms with Gasteiger partial charge in [0.15, 0.2) is 5.58 Å². The number of oxazole rings is 1. The quantitative estimate of drug-likeness (QED) is 0.211. The van der Waals surface area contributed by atoms with E-state index in [9.17, 15) is 0 Å². The van der Waals surface area contributed by atoms with Crippen LogP contribution in [0.5, 0.6) is 0 Å². The maximum Gasteiger partial charge on any atom is 0.227 e. The molecule has 0 aliphatic carbocycles. The Morgan fingerprint density at radius 2 is 1.19 bits per heavy atom. The van der Waals surface area contributed by atoms with Crippen LogP contribution >= 0.6 is 11.3 Å². The van der Waals surface area contributed by atoms with Crippen molar-refractivity contribution in [2.45, 2.75) is 0 Å². The topological polar surface area (TPSA) is 29.3 Å². The molecule has 0 spiro atoms. The number of hydrogen-bond donors (Lipinski definition) is 0. The summed E-state index contributed by atoms with van der Waals surface area (Å²) in [5.41, 5.74) is 6.13. The van der Waals surface area contributed by atoms with Crippen LogP contribution in [-0.4, -0.2) is 4.98 Å². The molecule has 0 aliphatic heterocycles. The molecule has 9 rings (SSSR count). The highest BCUT2D eigenvalue weighted by Gasteiger charge is 2.20. The van der Waals surface area contributed by atoms with Gasteiger partial charge >= 0.3 is 0 Å². The lowest BCUT2D eigenvalue weighted by atomic mass is 10.0. The second-order valence-electron chi connectivity index (χ2n) is 10.8. The number of anilines is 3. The molecular formula is C39H24N2OS. The van der Waals surface area contributed by atoms with Crippen LogP contribution in [0.25, 0.3) is 64.3 Å². The van der Waals surface area contributed by atoms with E-state index < -0.39 is 0 Å². The average molecular weight is 569 g/mol. The molecule has 7 aromatic carbocycles. The number of rotatable bonds is 4. The Labute approximate surface area is 251 Å². The molecule has 0 fully saturated rings. The molecule has 9 aromatic rings. The number of thiophene rings is 1. The van der Waals surface area contributed by atoms with Crippen molar-refractivity contribution in [2.24, 2.45) is 0 Å². The van der Waals surface area contributed by atoms with E-state index >= 15 is 0 Å². The van der Waals surface area contributed by atoms with Crippen LogP contribution in [0.2, 0.25) is 0 Å². The summed E-state index contributed by atoms with van der Waals surface area (Å²) in [7, 11) is 0. The molecule has 0 atom stereocenters. The van der Waals surface area contributed by atoms with Crippen LogP contribution in [-0.2, 0) is 0 Å². The second-order valence-corrected chi connectivity index (χ2v) is 11.9. The van der Waals surface area contributed by atoms with Gasteiger partial charge in [0.05, 0.1) is 11.4 Å². The molecule has 0 N–H and O–H groups in total. The number of fused-ring (bicyclic) bond motifs is 6. The first-order valence-electron chi connectivity index (χ1n) is 14.4. The van der Waals surface area contributed by atoms with Crippen LogP contribution in [0.15, 0.2) is 150 Å². The SMILES string of the molecule is c1ccc2c(N(c3ccc4c(c3)sc3cccc(-c5nc6ccccc6o5)c34)c3cccc4ccccc34)cccc2c1. The lowest BCUT2D eigenvalue weighted by Crippen LogP contribution is -2.11. The Kier molecular flexibility index (Phi) is 5.37. The van der Waals surface area contributed by atoms with Gasteiger partial charge in [-0.05, 0) is 59.3 Å². The van der Waals surface area contributed by atoms with Crippen LogP contribution in [0.4, 0.5) is 17.1 Å². The number of aromatic nitrogens is 1. The normalized spacial score (nSPS) is 11.7. The third-order valence-electron chi connectivity index (χ3n) is 8.28. The second kappa shape index (κ2) is 9.55. The fourth-order valence-electron chi connectivity index (χ4n) is 6.33. The van der Waals surface area contributed by atoms with E-state index in [1.807, 2.05) is 35.6 Å². The minimum absolute atomic E-state index is 0.656. The molecule has 0 radical (unpaired) electrons. The zero-order chi connectivity index (χ0) is 28.3. The van der Waals surface area contributed by atoms with Crippen molar-refractivity contribution >= 4 is 81.2 Å². The van der Waals surface area contributed by atoms with Crippen LogP contribution in [0.1, 0.15) is 0 Å². The van der Waals surface area contributed by atoms with E-state index in [1.54, 1.807) is 0 Å². The number of para-hydroxylation sites is 2. The van der Waals surface area contributed by atoms with Gasteiger partial charge in [-0.2, -0.15) is 0 Å². The molecule has 0 saturated heterocycles. The summed E-state index contributed by atoms with van der Waals surface area (Å²) in [5, 5.41) is 7.26. The van der Waals surface area contributed by atoms with Crippen LogP contribution in [0.3, 0.4) is 0 Å². The van der Waals surface area contributed by atoms with Gasteiger partial charge in [-0.1, -0.05) is 97.1 Å². The smallest absolute Gasteiger partial charge is 0.227 e. The minimum atomic E-state index is 0.656. The maximum absolute atomic E-state index is 6.23. The fraction of sp³-hybridized carbons (Fsp3) is 0. The molecule has 0 aliphatic rings. The Bertz CT molecular complexity index is 2370. The summed E-state index contributed by atoms with van der Waals surface area (Å²) in [5.74, 6) is 0.656. The molecule has 0 saturated carbocycles. The molecule has 3 nitrogen and oxygen atoms in total. The summed E-state index contributed by atoms with van der Waals surface area (Å²) >= 11 is 1.81. The van der Waals surface area contributed by atoms with E-state index in [0.717, 1.165) is 33.7 Å². The predicted octanol–water partition coefficient (Wildman–Crippen LogP) is 11.6. The van der Waals surface area contributed by atoms with Crippen molar-refractivity contribution in [3.05, 3.63) is 146 Å². The predicted molar refractivity (Wildman–Crippen MR) is 182 cm³/mol. The van der Waals surface area contributed by atoms with Gasteiger partial charge in [0.2, 0.25) is 5.89 Å². The Morgan fingerprint density at radius 1 is 0.535 bits per heavy atom. The molecular weight excluding hydrogens is 545 g/mol. The lowest BCUT2D eigenvalue weighted by Gasteiger charge is -2.28. The fourth-order valence-corrected chi connectivity index (χ4v) is 7.50. The van der Waals surface area contributed by atoms with Crippen LogP contribution < -0.4 is 4.90 Å².